The van der Waals surface area contributed by atoms with Gasteiger partial charge in [-0.3, -0.25) is 9.59 Å². The predicted octanol–water partition coefficient (Wildman–Crippen LogP) is 3.14. The van der Waals surface area contributed by atoms with Crippen LogP contribution in [0.1, 0.15) is 28.8 Å². The molecule has 1 aliphatic heterocycles. The number of halogens is 1. The van der Waals surface area contributed by atoms with Gasteiger partial charge in [0.15, 0.2) is 0 Å². The fraction of sp³-hybridized carbons (Fsp3) is 0.364. The van der Waals surface area contributed by atoms with Gasteiger partial charge >= 0.3 is 0 Å². The smallest absolute Gasteiger partial charge is 0.256 e. The van der Waals surface area contributed by atoms with Crippen molar-refractivity contribution in [1.82, 2.24) is 9.80 Å². The Bertz CT molecular complexity index is 823. The van der Waals surface area contributed by atoms with Crippen molar-refractivity contribution in [1.29, 1.82) is 0 Å². The van der Waals surface area contributed by atoms with Crippen LogP contribution in [0.25, 0.3) is 0 Å². The second kappa shape index (κ2) is 9.35. The molecule has 2 aromatic rings. The normalized spacial score (nSPS) is 14.5. The van der Waals surface area contributed by atoms with Gasteiger partial charge < -0.3 is 14.5 Å². The highest BCUT2D eigenvalue weighted by molar-refractivity contribution is 5.94. The Morgan fingerprint density at radius 2 is 1.64 bits per heavy atom. The average molecular weight is 384 g/mol. The highest BCUT2D eigenvalue weighted by Gasteiger charge is 2.24. The zero-order valence-corrected chi connectivity index (χ0v) is 16.1. The maximum Gasteiger partial charge on any atom is 0.256 e. The average Bonchev–Trinajstić information content (AvgIpc) is 2.98. The van der Waals surface area contributed by atoms with Crippen molar-refractivity contribution in [2.75, 3.05) is 33.3 Å². The lowest BCUT2D eigenvalue weighted by atomic mass is 10.1. The molecule has 0 aliphatic carbocycles. The number of aryl methyl sites for hydroxylation is 1. The van der Waals surface area contributed by atoms with E-state index in [-0.39, 0.29) is 17.4 Å². The van der Waals surface area contributed by atoms with Crippen LogP contribution >= 0.6 is 0 Å². The molecule has 0 aromatic heterocycles. The van der Waals surface area contributed by atoms with Gasteiger partial charge in [-0.15, -0.1) is 0 Å². The van der Waals surface area contributed by atoms with Gasteiger partial charge in [0.2, 0.25) is 5.91 Å². The lowest BCUT2D eigenvalue weighted by molar-refractivity contribution is -0.131. The standard InChI is InChI=1S/C22H25FN2O3/c1-28-18-10-7-17(8-11-18)9-12-21(26)24-13-4-14-25(16-15-24)22(27)19-5-2-3-6-20(19)23/h2-3,5-8,10-11H,4,9,12-16H2,1H3. The van der Waals surface area contributed by atoms with E-state index in [2.05, 4.69) is 0 Å². The SMILES string of the molecule is COc1ccc(CCC(=O)N2CCCN(C(=O)c3ccccc3F)CC2)cc1. The van der Waals surface area contributed by atoms with E-state index in [0.29, 0.717) is 45.4 Å². The minimum absolute atomic E-state index is 0.0796. The van der Waals surface area contributed by atoms with Gasteiger partial charge in [-0.05, 0) is 42.7 Å². The maximum atomic E-state index is 13.9. The Kier molecular flexibility index (Phi) is 6.63. The number of methoxy groups -OCH3 is 1. The van der Waals surface area contributed by atoms with Crippen LogP contribution < -0.4 is 4.74 Å². The zero-order chi connectivity index (χ0) is 19.9. The molecule has 6 heteroatoms. The van der Waals surface area contributed by atoms with Crippen LogP contribution in [0, 0.1) is 5.82 Å². The first-order valence-electron chi connectivity index (χ1n) is 9.53. The molecule has 0 spiro atoms. The van der Waals surface area contributed by atoms with Gasteiger partial charge in [-0.1, -0.05) is 24.3 Å². The molecule has 0 saturated carbocycles. The van der Waals surface area contributed by atoms with Crippen molar-refractivity contribution in [3.63, 3.8) is 0 Å². The van der Waals surface area contributed by atoms with Crippen LogP contribution in [0.4, 0.5) is 4.39 Å². The van der Waals surface area contributed by atoms with Crippen LogP contribution in [0.2, 0.25) is 0 Å². The van der Waals surface area contributed by atoms with Crippen LogP contribution in [0.3, 0.4) is 0 Å². The third kappa shape index (κ3) is 4.88. The summed E-state index contributed by atoms with van der Waals surface area (Å²) in [5, 5.41) is 0. The molecule has 5 nitrogen and oxygen atoms in total. The monoisotopic (exact) mass is 384 g/mol. The maximum absolute atomic E-state index is 13.9. The summed E-state index contributed by atoms with van der Waals surface area (Å²) in [6, 6.07) is 13.7. The van der Waals surface area contributed by atoms with Gasteiger partial charge in [-0.2, -0.15) is 0 Å². The summed E-state index contributed by atoms with van der Waals surface area (Å²) in [5.41, 5.74) is 1.17. The summed E-state index contributed by atoms with van der Waals surface area (Å²) in [6.07, 6.45) is 1.78. The van der Waals surface area contributed by atoms with E-state index >= 15 is 0 Å². The van der Waals surface area contributed by atoms with Crippen LogP contribution in [0.5, 0.6) is 5.75 Å². The molecule has 0 N–H and O–H groups in total. The van der Waals surface area contributed by atoms with Gasteiger partial charge in [0, 0.05) is 32.6 Å². The summed E-state index contributed by atoms with van der Waals surface area (Å²) in [6.45, 7) is 2.03. The van der Waals surface area contributed by atoms with Gasteiger partial charge in [0.05, 0.1) is 12.7 Å². The second-order valence-electron chi connectivity index (χ2n) is 6.85. The van der Waals surface area contributed by atoms with E-state index in [1.165, 1.54) is 12.1 Å². The van der Waals surface area contributed by atoms with Crippen molar-refractivity contribution >= 4 is 11.8 Å². The quantitative estimate of drug-likeness (QED) is 0.796. The first kappa shape index (κ1) is 19.9. The molecule has 2 amide bonds. The minimum Gasteiger partial charge on any atom is -0.497 e. The summed E-state index contributed by atoms with van der Waals surface area (Å²) in [4.78, 5) is 28.6. The number of amides is 2. The Balaban J connectivity index is 1.53. The van der Waals surface area contributed by atoms with Gasteiger partial charge in [-0.25, -0.2) is 4.39 Å². The van der Waals surface area contributed by atoms with Crippen molar-refractivity contribution in [2.24, 2.45) is 0 Å². The van der Waals surface area contributed by atoms with E-state index in [1.807, 2.05) is 24.3 Å². The molecule has 1 heterocycles. The number of ether oxygens (including phenoxy) is 1. The number of hydrogen-bond acceptors (Lipinski definition) is 3. The number of rotatable bonds is 5. The lowest BCUT2D eigenvalue weighted by Gasteiger charge is -2.22. The number of hydrogen-bond donors (Lipinski definition) is 0. The van der Waals surface area contributed by atoms with E-state index in [0.717, 1.165) is 11.3 Å². The summed E-state index contributed by atoms with van der Waals surface area (Å²) in [7, 11) is 1.62. The Labute approximate surface area is 164 Å². The highest BCUT2D eigenvalue weighted by Crippen LogP contribution is 2.15. The van der Waals surface area contributed by atoms with Crippen LogP contribution in [0.15, 0.2) is 48.5 Å². The highest BCUT2D eigenvalue weighted by atomic mass is 19.1. The van der Waals surface area contributed by atoms with Crippen molar-refractivity contribution in [2.45, 2.75) is 19.3 Å². The molecule has 0 radical (unpaired) electrons. The predicted molar refractivity (Wildman–Crippen MR) is 105 cm³/mol. The first-order chi connectivity index (χ1) is 13.6. The molecule has 0 atom stereocenters. The van der Waals surface area contributed by atoms with Crippen LogP contribution in [-0.4, -0.2) is 54.9 Å². The summed E-state index contributed by atoms with van der Waals surface area (Å²) >= 11 is 0. The molecule has 2 aromatic carbocycles. The molecule has 1 saturated heterocycles. The summed E-state index contributed by atoms with van der Waals surface area (Å²) in [5.74, 6) is 0.0491. The topological polar surface area (TPSA) is 49.9 Å². The van der Waals surface area contributed by atoms with E-state index < -0.39 is 5.82 Å². The van der Waals surface area contributed by atoms with E-state index in [4.69, 9.17) is 4.74 Å². The van der Waals surface area contributed by atoms with Gasteiger partial charge in [0.1, 0.15) is 11.6 Å². The fourth-order valence-corrected chi connectivity index (χ4v) is 3.38. The molecule has 1 fully saturated rings. The van der Waals surface area contributed by atoms with Crippen LogP contribution in [-0.2, 0) is 11.2 Å². The second-order valence-corrected chi connectivity index (χ2v) is 6.85. The minimum atomic E-state index is -0.510. The first-order valence-corrected chi connectivity index (χ1v) is 9.53. The summed E-state index contributed by atoms with van der Waals surface area (Å²) < 4.78 is 19.0. The van der Waals surface area contributed by atoms with Crippen molar-refractivity contribution < 1.29 is 18.7 Å². The Hall–Kier alpha value is -2.89. The fourth-order valence-electron chi connectivity index (χ4n) is 3.38. The molecule has 0 unspecified atom stereocenters. The lowest BCUT2D eigenvalue weighted by Crippen LogP contribution is -2.37. The molecule has 148 valence electrons. The zero-order valence-electron chi connectivity index (χ0n) is 16.1. The largest absolute Gasteiger partial charge is 0.497 e. The van der Waals surface area contributed by atoms with E-state index in [9.17, 15) is 14.0 Å². The van der Waals surface area contributed by atoms with Crippen molar-refractivity contribution in [3.8, 4) is 5.75 Å². The van der Waals surface area contributed by atoms with Gasteiger partial charge in [0.25, 0.3) is 5.91 Å². The number of carbonyl (C=O) groups is 2. The number of carbonyl (C=O) groups excluding carboxylic acids is 2. The number of benzene rings is 2. The molecular weight excluding hydrogens is 359 g/mol. The number of nitrogens with zero attached hydrogens (tertiary/aromatic N) is 2. The molecule has 1 aliphatic rings. The third-order valence-electron chi connectivity index (χ3n) is 5.03. The Morgan fingerprint density at radius 1 is 0.964 bits per heavy atom. The molecular formula is C22H25FN2O3. The van der Waals surface area contributed by atoms with Crippen molar-refractivity contribution in [3.05, 3.63) is 65.5 Å². The molecule has 0 bridgehead atoms. The third-order valence-corrected chi connectivity index (χ3v) is 5.03. The molecule has 28 heavy (non-hydrogen) atoms. The molecule has 3 rings (SSSR count). The Morgan fingerprint density at radius 3 is 2.36 bits per heavy atom. The van der Waals surface area contributed by atoms with E-state index in [1.54, 1.807) is 29.0 Å².